The zero-order valence-corrected chi connectivity index (χ0v) is 42.9. The number of hydrogen-bond donors (Lipinski definition) is 3. The van der Waals surface area contributed by atoms with E-state index in [2.05, 4.69) is 43.1 Å². The molecule has 0 radical (unpaired) electrons. The molecule has 1 fully saturated rings. The number of nitrogens with one attached hydrogen (secondary N) is 1. The summed E-state index contributed by atoms with van der Waals surface area (Å²) in [4.78, 5) is 36.2. The van der Waals surface area contributed by atoms with Crippen LogP contribution in [0.1, 0.15) is 161 Å². The number of fused-ring (bicyclic) bond motifs is 3. The Labute approximate surface area is 418 Å². The Kier molecular flexibility index (Phi) is 21.0. The van der Waals surface area contributed by atoms with Gasteiger partial charge in [0.05, 0.1) is 31.4 Å². The van der Waals surface area contributed by atoms with Crippen LogP contribution in [0.5, 0.6) is 11.5 Å². The van der Waals surface area contributed by atoms with Gasteiger partial charge in [0.25, 0.3) is 0 Å². The van der Waals surface area contributed by atoms with Crippen LogP contribution in [0.25, 0.3) is 10.8 Å². The lowest BCUT2D eigenvalue weighted by molar-refractivity contribution is -0.256. The van der Waals surface area contributed by atoms with E-state index in [1.807, 2.05) is 57.2 Å². The number of amides is 2. The molecule has 6 unspecified atom stereocenters. The second-order valence-corrected chi connectivity index (χ2v) is 20.4. The first-order valence-corrected chi connectivity index (χ1v) is 26.6. The predicted molar refractivity (Wildman–Crippen MR) is 278 cm³/mol. The fraction of sp³-hybridized carbons (Fsp3) is 0.603. The zero-order valence-electron chi connectivity index (χ0n) is 42.9. The number of aliphatic hydroxyl groups is 2. The van der Waals surface area contributed by atoms with Crippen molar-refractivity contribution in [3.05, 3.63) is 96.1 Å². The number of benzene rings is 3. The molecule has 0 saturated heterocycles. The van der Waals surface area contributed by atoms with Crippen molar-refractivity contribution in [1.82, 2.24) is 10.2 Å². The minimum atomic E-state index is -1.49. The maximum Gasteiger partial charge on any atom is 0.412 e. The third-order valence-electron chi connectivity index (χ3n) is 14.2. The van der Waals surface area contributed by atoms with Crippen LogP contribution in [0.15, 0.2) is 90.1 Å². The summed E-state index contributed by atoms with van der Waals surface area (Å²) in [7, 11) is 0. The summed E-state index contributed by atoms with van der Waals surface area (Å²) in [6, 6.07) is 19.0. The van der Waals surface area contributed by atoms with Gasteiger partial charge < -0.3 is 39.3 Å². The summed E-state index contributed by atoms with van der Waals surface area (Å²) >= 11 is 0. The van der Waals surface area contributed by atoms with Crippen LogP contribution >= 0.6 is 0 Å². The Hall–Kier alpha value is -4.91. The Bertz CT molecular complexity index is 2200. The lowest BCUT2D eigenvalue weighted by Crippen LogP contribution is -2.70. The van der Waals surface area contributed by atoms with Gasteiger partial charge in [0.15, 0.2) is 0 Å². The largest absolute Gasteiger partial charge is 0.459 e. The van der Waals surface area contributed by atoms with Crippen LogP contribution in [-0.2, 0) is 20.9 Å². The normalized spacial score (nSPS) is 22.1. The highest BCUT2D eigenvalue weighted by Crippen LogP contribution is 2.62. The number of unbranched alkanes of at least 4 members (excludes halogenated alkanes) is 11. The fourth-order valence-electron chi connectivity index (χ4n) is 11.0. The van der Waals surface area contributed by atoms with Gasteiger partial charge in [0.2, 0.25) is 5.79 Å². The number of nitrogens with zero attached hydrogens (tertiary/aromatic N) is 2. The summed E-state index contributed by atoms with van der Waals surface area (Å²) in [5.41, 5.74) is 2.78. The Morgan fingerprint density at radius 3 is 2.29 bits per heavy atom. The van der Waals surface area contributed by atoms with Crippen LogP contribution in [0.3, 0.4) is 0 Å². The zero-order chi connectivity index (χ0) is 49.9. The summed E-state index contributed by atoms with van der Waals surface area (Å²) in [6.45, 7) is 15.2. The number of ether oxygens (including phenoxy) is 4. The van der Waals surface area contributed by atoms with Crippen molar-refractivity contribution >= 4 is 28.7 Å². The smallest absolute Gasteiger partial charge is 0.412 e. The summed E-state index contributed by atoms with van der Waals surface area (Å²) < 4.78 is 26.6. The molecule has 1 heterocycles. The first-order chi connectivity index (χ1) is 34.0. The molecule has 6 rings (SSSR count). The maximum absolute atomic E-state index is 14.8. The van der Waals surface area contributed by atoms with Gasteiger partial charge in [-0.25, -0.2) is 9.59 Å². The third kappa shape index (κ3) is 14.2. The summed E-state index contributed by atoms with van der Waals surface area (Å²) in [6.07, 6.45) is 19.8. The quantitative estimate of drug-likeness (QED) is 0.0367. The topological polar surface area (TPSA) is 148 Å². The molecule has 0 aromatic heterocycles. The highest BCUT2D eigenvalue weighted by Gasteiger charge is 2.66. The molecule has 1 aliphatic heterocycles. The van der Waals surface area contributed by atoms with Crippen LogP contribution in [0, 0.1) is 17.8 Å². The Morgan fingerprint density at radius 2 is 1.59 bits per heavy atom. The van der Waals surface area contributed by atoms with Crippen molar-refractivity contribution in [3.63, 3.8) is 0 Å². The number of carbonyl (C=O) groups is 2. The molecular formula is C58H83N3O9. The van der Waals surface area contributed by atoms with E-state index in [1.54, 1.807) is 24.0 Å². The maximum atomic E-state index is 14.8. The monoisotopic (exact) mass is 966 g/mol. The highest BCUT2D eigenvalue weighted by atomic mass is 16.7. The molecule has 0 spiro atoms. The van der Waals surface area contributed by atoms with Gasteiger partial charge >= 0.3 is 12.2 Å². The molecule has 3 aromatic rings. The van der Waals surface area contributed by atoms with E-state index >= 15 is 0 Å². The molecule has 12 nitrogen and oxygen atoms in total. The molecular weight excluding hydrogens is 883 g/mol. The van der Waals surface area contributed by atoms with Gasteiger partial charge in [0, 0.05) is 37.7 Å². The standard InChI is InChI=1S/C58H83N3O9/c1-7-10-11-12-13-14-15-16-17-22-34-59-55(64)68-45-32-33-51-49(39-45)53-47(31-21-24-36-63)43(27-20-23-35-62)38-48-50(60-70-57(4,5)6)40-52(58(69-51,54(48)53)67-37-8-2)61(56(65)66-9-3)41-44-29-25-28-42-26-18-19-30-46(42)44/h8,18-19,25-26,28-30,32-33,38-39,43,47,52-54,62-63H,2,7,9-17,20-24,27,31,34-37,40-41H2,1,3-6H3,(H,59,64). The van der Waals surface area contributed by atoms with E-state index in [1.165, 1.54) is 44.9 Å². The summed E-state index contributed by atoms with van der Waals surface area (Å²) in [5, 5.41) is 30.1. The Morgan fingerprint density at radius 1 is 0.886 bits per heavy atom. The number of aliphatic hydroxyl groups excluding tert-OH is 2. The van der Waals surface area contributed by atoms with Crippen molar-refractivity contribution in [2.45, 2.75) is 174 Å². The molecule has 2 aliphatic carbocycles. The fourth-order valence-corrected chi connectivity index (χ4v) is 11.0. The number of carbonyl (C=O) groups excluding carboxylic acids is 2. The number of hydrogen-bond acceptors (Lipinski definition) is 10. The molecule has 3 aromatic carbocycles. The molecule has 2 amide bonds. The highest BCUT2D eigenvalue weighted by molar-refractivity contribution is 6.03. The van der Waals surface area contributed by atoms with Gasteiger partial charge in [-0.05, 0) is 112 Å². The first-order valence-electron chi connectivity index (χ1n) is 26.6. The van der Waals surface area contributed by atoms with Crippen LogP contribution < -0.4 is 14.8 Å². The van der Waals surface area contributed by atoms with E-state index in [-0.39, 0.29) is 57.1 Å². The van der Waals surface area contributed by atoms with Gasteiger partial charge in [-0.1, -0.05) is 137 Å². The number of rotatable bonds is 28. The molecule has 70 heavy (non-hydrogen) atoms. The molecule has 12 heteroatoms. The van der Waals surface area contributed by atoms with Crippen molar-refractivity contribution in [3.8, 4) is 11.5 Å². The van der Waals surface area contributed by atoms with E-state index in [9.17, 15) is 19.8 Å². The van der Waals surface area contributed by atoms with E-state index < -0.39 is 35.5 Å². The first kappa shape index (κ1) is 54.4. The van der Waals surface area contributed by atoms with Crippen molar-refractivity contribution < 1.29 is 43.6 Å². The van der Waals surface area contributed by atoms with Crippen LogP contribution in [-0.4, -0.2) is 83.4 Å². The van der Waals surface area contributed by atoms with Crippen LogP contribution in [0.2, 0.25) is 0 Å². The molecule has 6 atom stereocenters. The lowest BCUT2D eigenvalue weighted by Gasteiger charge is -2.60. The minimum Gasteiger partial charge on any atom is -0.459 e. The predicted octanol–water partition coefficient (Wildman–Crippen LogP) is 12.9. The third-order valence-corrected chi connectivity index (χ3v) is 14.2. The second-order valence-electron chi connectivity index (χ2n) is 20.4. The van der Waals surface area contributed by atoms with Gasteiger partial charge in [-0.3, -0.25) is 4.90 Å². The summed E-state index contributed by atoms with van der Waals surface area (Å²) in [5.74, 6) is -1.34. The van der Waals surface area contributed by atoms with Crippen molar-refractivity contribution in [2.24, 2.45) is 22.9 Å². The molecule has 0 bridgehead atoms. The van der Waals surface area contributed by atoms with Gasteiger partial charge in [-0.15, -0.1) is 6.58 Å². The Balaban J connectivity index is 1.44. The van der Waals surface area contributed by atoms with E-state index in [0.29, 0.717) is 36.6 Å². The van der Waals surface area contributed by atoms with Gasteiger partial charge in [-0.2, -0.15) is 0 Å². The number of oxime groups is 1. The SMILES string of the molecule is C=CCOC12Oc3ccc(OC(=O)NCCCCCCCCCCCC)cc3C3C(CCCCO)C(CCCCO)C=C(C(=NOC(C)(C)C)CC1N(Cc1cccc4ccccc14)C(=O)OCC)C32. The average Bonchev–Trinajstić information content (AvgIpc) is 3.34. The molecule has 3 N–H and O–H groups in total. The van der Waals surface area contributed by atoms with E-state index in [0.717, 1.165) is 72.4 Å². The molecule has 3 aliphatic rings. The van der Waals surface area contributed by atoms with Crippen LogP contribution in [0.4, 0.5) is 9.59 Å². The average molecular weight is 966 g/mol. The lowest BCUT2D eigenvalue weighted by atomic mass is 9.55. The van der Waals surface area contributed by atoms with Crippen molar-refractivity contribution in [1.29, 1.82) is 0 Å². The van der Waals surface area contributed by atoms with Crippen molar-refractivity contribution in [2.75, 3.05) is 33.0 Å². The molecule has 384 valence electrons. The number of allylic oxidation sites excluding steroid dienone is 1. The molecule has 1 saturated carbocycles. The minimum absolute atomic E-state index is 0.00795. The van der Waals surface area contributed by atoms with Gasteiger partial charge in [0.1, 0.15) is 23.1 Å². The second kappa shape index (κ2) is 27.1. The van der Waals surface area contributed by atoms with E-state index in [4.69, 9.17) is 28.9 Å².